The van der Waals surface area contributed by atoms with Gasteiger partial charge in [0.2, 0.25) is 0 Å². The van der Waals surface area contributed by atoms with E-state index in [-0.39, 0.29) is 0 Å². The van der Waals surface area contributed by atoms with Crippen molar-refractivity contribution in [3.63, 3.8) is 0 Å². The Morgan fingerprint density at radius 3 is 2.71 bits per heavy atom. The molecule has 1 aliphatic carbocycles. The highest BCUT2D eigenvalue weighted by atomic mass is 15.1. The van der Waals surface area contributed by atoms with Crippen LogP contribution in [0.15, 0.2) is 18.3 Å². The Morgan fingerprint density at radius 1 is 1.12 bits per heavy atom. The number of aromatic nitrogens is 1. The van der Waals surface area contributed by atoms with Gasteiger partial charge in [-0.25, -0.2) is 4.98 Å². The van der Waals surface area contributed by atoms with Gasteiger partial charge < -0.3 is 10.6 Å². The van der Waals surface area contributed by atoms with Crippen molar-refractivity contribution in [2.45, 2.75) is 32.1 Å². The molecule has 0 bridgehead atoms. The number of nitrogen functional groups attached to an aromatic ring is 1. The lowest BCUT2D eigenvalue weighted by Gasteiger charge is -2.42. The predicted molar refractivity (Wildman–Crippen MR) is 70.9 cm³/mol. The van der Waals surface area contributed by atoms with Crippen LogP contribution in [0.1, 0.15) is 32.1 Å². The number of hydrogen-bond acceptors (Lipinski definition) is 3. The minimum Gasteiger partial charge on any atom is -0.384 e. The molecule has 92 valence electrons. The van der Waals surface area contributed by atoms with Crippen LogP contribution in [0, 0.1) is 11.8 Å². The monoisotopic (exact) mass is 231 g/mol. The second-order valence-corrected chi connectivity index (χ2v) is 5.48. The summed E-state index contributed by atoms with van der Waals surface area (Å²) in [4.78, 5) is 6.68. The zero-order valence-corrected chi connectivity index (χ0v) is 10.3. The summed E-state index contributed by atoms with van der Waals surface area (Å²) < 4.78 is 0. The van der Waals surface area contributed by atoms with Gasteiger partial charge >= 0.3 is 0 Å². The van der Waals surface area contributed by atoms with Gasteiger partial charge in [-0.3, -0.25) is 0 Å². The number of pyridine rings is 1. The van der Waals surface area contributed by atoms with Crippen molar-refractivity contribution in [1.82, 2.24) is 4.98 Å². The molecule has 1 aliphatic heterocycles. The number of hydrogen-bond donors (Lipinski definition) is 1. The number of rotatable bonds is 1. The first-order valence-electron chi connectivity index (χ1n) is 6.79. The van der Waals surface area contributed by atoms with Crippen LogP contribution < -0.4 is 10.6 Å². The average molecular weight is 231 g/mol. The van der Waals surface area contributed by atoms with Gasteiger partial charge in [-0.05, 0) is 36.8 Å². The Bertz CT molecular complexity index is 374. The van der Waals surface area contributed by atoms with Gasteiger partial charge in [0.05, 0.1) is 11.9 Å². The van der Waals surface area contributed by atoms with Crippen LogP contribution in [0.4, 0.5) is 11.5 Å². The van der Waals surface area contributed by atoms with Crippen LogP contribution in [0.25, 0.3) is 0 Å². The highest BCUT2D eigenvalue weighted by Crippen LogP contribution is 2.37. The van der Waals surface area contributed by atoms with Gasteiger partial charge in [0.15, 0.2) is 0 Å². The van der Waals surface area contributed by atoms with Gasteiger partial charge in [-0.1, -0.05) is 19.3 Å². The molecule has 1 aromatic heterocycles. The maximum Gasteiger partial charge on any atom is 0.123 e. The third-order valence-corrected chi connectivity index (χ3v) is 4.43. The second kappa shape index (κ2) is 4.55. The third kappa shape index (κ3) is 2.24. The number of nitrogens with two attached hydrogens (primary N) is 1. The van der Waals surface area contributed by atoms with Crippen LogP contribution in [0.2, 0.25) is 0 Å². The molecule has 3 nitrogen and oxygen atoms in total. The van der Waals surface area contributed by atoms with E-state index < -0.39 is 0 Å². The highest BCUT2D eigenvalue weighted by Gasteiger charge is 2.31. The zero-order valence-electron chi connectivity index (χ0n) is 10.3. The Labute approximate surface area is 103 Å². The minimum atomic E-state index is 0.612. The number of fused-ring (bicyclic) bond motifs is 1. The van der Waals surface area contributed by atoms with Gasteiger partial charge in [-0.15, -0.1) is 0 Å². The third-order valence-electron chi connectivity index (χ3n) is 4.43. The number of piperidine rings is 1. The first kappa shape index (κ1) is 10.9. The summed E-state index contributed by atoms with van der Waals surface area (Å²) in [5.41, 5.74) is 6.87. The second-order valence-electron chi connectivity index (χ2n) is 5.48. The van der Waals surface area contributed by atoms with E-state index in [4.69, 9.17) is 5.73 Å². The van der Waals surface area contributed by atoms with Crippen LogP contribution in [0.3, 0.4) is 0 Å². The Kier molecular flexibility index (Phi) is 2.91. The summed E-state index contributed by atoms with van der Waals surface area (Å²) in [5.74, 6) is 2.51. The van der Waals surface area contributed by atoms with Gasteiger partial charge in [0.1, 0.15) is 5.82 Å². The summed E-state index contributed by atoms with van der Waals surface area (Å²) in [6.45, 7) is 2.41. The molecule has 0 radical (unpaired) electrons. The number of anilines is 2. The molecule has 0 amide bonds. The fraction of sp³-hybridized carbons (Fsp3) is 0.643. The van der Waals surface area contributed by atoms with Crippen LogP contribution in [-0.2, 0) is 0 Å². The van der Waals surface area contributed by atoms with E-state index in [1.54, 1.807) is 0 Å². The average Bonchev–Trinajstić information content (AvgIpc) is 2.39. The van der Waals surface area contributed by atoms with Crippen molar-refractivity contribution >= 4 is 11.5 Å². The molecule has 2 atom stereocenters. The van der Waals surface area contributed by atoms with E-state index in [1.807, 2.05) is 12.3 Å². The Hall–Kier alpha value is -1.25. The molecule has 0 aromatic carbocycles. The molecule has 2 aliphatic rings. The van der Waals surface area contributed by atoms with Gasteiger partial charge in [0, 0.05) is 13.1 Å². The Morgan fingerprint density at radius 2 is 1.94 bits per heavy atom. The first-order valence-corrected chi connectivity index (χ1v) is 6.79. The molecular weight excluding hydrogens is 210 g/mol. The summed E-state index contributed by atoms with van der Waals surface area (Å²) in [5, 5.41) is 0. The molecule has 17 heavy (non-hydrogen) atoms. The molecular formula is C14H21N3. The van der Waals surface area contributed by atoms with Crippen molar-refractivity contribution in [3.8, 4) is 0 Å². The van der Waals surface area contributed by atoms with Crippen LogP contribution in [-0.4, -0.2) is 18.1 Å². The SMILES string of the molecule is Nc1ccc(N2CCC3CCCCC3C2)cn1. The summed E-state index contributed by atoms with van der Waals surface area (Å²) in [7, 11) is 0. The summed E-state index contributed by atoms with van der Waals surface area (Å²) >= 11 is 0. The van der Waals surface area contributed by atoms with E-state index in [9.17, 15) is 0 Å². The lowest BCUT2D eigenvalue weighted by Crippen LogP contribution is -2.41. The molecule has 3 rings (SSSR count). The van der Waals surface area contributed by atoms with E-state index in [1.165, 1.54) is 50.9 Å². The molecule has 1 aromatic rings. The van der Waals surface area contributed by atoms with E-state index >= 15 is 0 Å². The fourth-order valence-corrected chi connectivity index (χ4v) is 3.42. The van der Waals surface area contributed by atoms with E-state index in [0.717, 1.165) is 11.8 Å². The molecule has 2 heterocycles. The van der Waals surface area contributed by atoms with Crippen LogP contribution in [0.5, 0.6) is 0 Å². The molecule has 2 unspecified atom stereocenters. The standard InChI is InChI=1S/C14H21N3/c15-14-6-5-13(9-16-14)17-8-7-11-3-1-2-4-12(11)10-17/h5-6,9,11-12H,1-4,7-8,10H2,(H2,15,16). The van der Waals surface area contributed by atoms with Crippen molar-refractivity contribution in [1.29, 1.82) is 0 Å². The largest absolute Gasteiger partial charge is 0.384 e. The van der Waals surface area contributed by atoms with Crippen molar-refractivity contribution < 1.29 is 0 Å². The van der Waals surface area contributed by atoms with Crippen LogP contribution >= 0.6 is 0 Å². The molecule has 1 saturated carbocycles. The van der Waals surface area contributed by atoms with Gasteiger partial charge in [0.25, 0.3) is 0 Å². The maximum atomic E-state index is 5.63. The highest BCUT2D eigenvalue weighted by molar-refractivity contribution is 5.48. The topological polar surface area (TPSA) is 42.1 Å². The number of nitrogens with zero attached hydrogens (tertiary/aromatic N) is 2. The van der Waals surface area contributed by atoms with E-state index in [2.05, 4.69) is 16.0 Å². The lowest BCUT2D eigenvalue weighted by atomic mass is 9.75. The fourth-order valence-electron chi connectivity index (χ4n) is 3.42. The van der Waals surface area contributed by atoms with Crippen molar-refractivity contribution in [2.75, 3.05) is 23.7 Å². The first-order chi connectivity index (χ1) is 8.33. The van der Waals surface area contributed by atoms with Crippen molar-refractivity contribution in [2.24, 2.45) is 11.8 Å². The normalized spacial score (nSPS) is 28.8. The quantitative estimate of drug-likeness (QED) is 0.808. The predicted octanol–water partition coefficient (Wildman–Crippen LogP) is 2.68. The summed E-state index contributed by atoms with van der Waals surface area (Å²) in [6.07, 6.45) is 9.02. The zero-order chi connectivity index (χ0) is 11.7. The molecule has 1 saturated heterocycles. The molecule has 2 fully saturated rings. The Balaban J connectivity index is 1.71. The molecule has 2 N–H and O–H groups in total. The molecule has 0 spiro atoms. The van der Waals surface area contributed by atoms with Crippen molar-refractivity contribution in [3.05, 3.63) is 18.3 Å². The molecule has 3 heteroatoms. The lowest BCUT2D eigenvalue weighted by molar-refractivity contribution is 0.202. The maximum absolute atomic E-state index is 5.63. The van der Waals surface area contributed by atoms with E-state index in [0.29, 0.717) is 5.82 Å². The smallest absolute Gasteiger partial charge is 0.123 e. The van der Waals surface area contributed by atoms with Gasteiger partial charge in [-0.2, -0.15) is 0 Å². The minimum absolute atomic E-state index is 0.612. The summed E-state index contributed by atoms with van der Waals surface area (Å²) in [6, 6.07) is 4.01.